The van der Waals surface area contributed by atoms with Crippen molar-refractivity contribution in [1.29, 1.82) is 0 Å². The summed E-state index contributed by atoms with van der Waals surface area (Å²) < 4.78 is 5.60. The second kappa shape index (κ2) is 4.09. The van der Waals surface area contributed by atoms with Gasteiger partial charge < -0.3 is 9.52 Å². The SMILES string of the molecule is CCCc1cc(C(=O)O)c(C(C)(C)C)o1. The van der Waals surface area contributed by atoms with Crippen molar-refractivity contribution in [2.24, 2.45) is 0 Å². The molecule has 0 saturated carbocycles. The Morgan fingerprint density at radius 3 is 2.40 bits per heavy atom. The topological polar surface area (TPSA) is 50.4 Å². The van der Waals surface area contributed by atoms with Gasteiger partial charge in [-0.2, -0.15) is 0 Å². The lowest BCUT2D eigenvalue weighted by Crippen LogP contribution is -2.14. The molecule has 0 atom stereocenters. The minimum Gasteiger partial charge on any atom is -0.478 e. The minimum atomic E-state index is -0.911. The molecule has 1 heterocycles. The third-order valence-corrected chi connectivity index (χ3v) is 2.19. The van der Waals surface area contributed by atoms with E-state index < -0.39 is 5.97 Å². The summed E-state index contributed by atoms with van der Waals surface area (Å²) in [7, 11) is 0. The van der Waals surface area contributed by atoms with Crippen LogP contribution in [0.3, 0.4) is 0 Å². The molecule has 0 amide bonds. The van der Waals surface area contributed by atoms with Crippen molar-refractivity contribution in [2.75, 3.05) is 0 Å². The second-order valence-electron chi connectivity index (χ2n) is 4.76. The summed E-state index contributed by atoms with van der Waals surface area (Å²) in [6.07, 6.45) is 1.74. The maximum absolute atomic E-state index is 11.0. The van der Waals surface area contributed by atoms with E-state index in [1.807, 2.05) is 27.7 Å². The molecule has 0 fully saturated rings. The van der Waals surface area contributed by atoms with Crippen molar-refractivity contribution in [1.82, 2.24) is 0 Å². The van der Waals surface area contributed by atoms with Crippen LogP contribution >= 0.6 is 0 Å². The monoisotopic (exact) mass is 210 g/mol. The summed E-state index contributed by atoms with van der Waals surface area (Å²) in [6, 6.07) is 1.65. The number of rotatable bonds is 3. The lowest BCUT2D eigenvalue weighted by Gasteiger charge is -2.15. The molecule has 1 aromatic rings. The van der Waals surface area contributed by atoms with Gasteiger partial charge in [-0.25, -0.2) is 4.79 Å². The fourth-order valence-electron chi connectivity index (χ4n) is 1.53. The molecule has 15 heavy (non-hydrogen) atoms. The van der Waals surface area contributed by atoms with E-state index in [-0.39, 0.29) is 5.41 Å². The molecule has 1 rings (SSSR count). The normalized spacial score (nSPS) is 11.7. The van der Waals surface area contributed by atoms with E-state index in [2.05, 4.69) is 0 Å². The van der Waals surface area contributed by atoms with Crippen molar-refractivity contribution >= 4 is 5.97 Å². The first-order chi connectivity index (χ1) is 6.86. The third kappa shape index (κ3) is 2.61. The predicted molar refractivity (Wildman–Crippen MR) is 58.4 cm³/mol. The maximum atomic E-state index is 11.0. The van der Waals surface area contributed by atoms with Gasteiger partial charge in [-0.05, 0) is 12.5 Å². The first-order valence-electron chi connectivity index (χ1n) is 5.22. The highest BCUT2D eigenvalue weighted by molar-refractivity contribution is 5.89. The van der Waals surface area contributed by atoms with Crippen LogP contribution in [0.15, 0.2) is 10.5 Å². The van der Waals surface area contributed by atoms with Crippen LogP contribution in [0.1, 0.15) is 56.0 Å². The summed E-state index contributed by atoms with van der Waals surface area (Å²) in [5.41, 5.74) is 0.0330. The van der Waals surface area contributed by atoms with Gasteiger partial charge in [-0.1, -0.05) is 27.7 Å². The Labute approximate surface area is 90.1 Å². The molecule has 0 aromatic carbocycles. The Morgan fingerprint density at radius 1 is 1.47 bits per heavy atom. The molecule has 84 valence electrons. The van der Waals surface area contributed by atoms with Gasteiger partial charge in [0, 0.05) is 11.8 Å². The number of carboxylic acids is 1. The molecule has 0 bridgehead atoms. The zero-order valence-corrected chi connectivity index (χ0v) is 9.76. The fourth-order valence-corrected chi connectivity index (χ4v) is 1.53. The lowest BCUT2D eigenvalue weighted by atomic mass is 9.90. The van der Waals surface area contributed by atoms with Gasteiger partial charge in [0.25, 0.3) is 0 Å². The maximum Gasteiger partial charge on any atom is 0.339 e. The first-order valence-corrected chi connectivity index (χ1v) is 5.22. The van der Waals surface area contributed by atoms with Crippen LogP contribution in [0.5, 0.6) is 0 Å². The van der Waals surface area contributed by atoms with Crippen LogP contribution in [-0.4, -0.2) is 11.1 Å². The van der Waals surface area contributed by atoms with Crippen LogP contribution in [0, 0.1) is 0 Å². The van der Waals surface area contributed by atoms with Crippen LogP contribution in [0.2, 0.25) is 0 Å². The molecule has 0 aliphatic heterocycles. The fraction of sp³-hybridized carbons (Fsp3) is 0.583. The molecule has 1 N–H and O–H groups in total. The highest BCUT2D eigenvalue weighted by atomic mass is 16.4. The zero-order valence-electron chi connectivity index (χ0n) is 9.76. The largest absolute Gasteiger partial charge is 0.478 e. The number of hydrogen-bond acceptors (Lipinski definition) is 2. The van der Waals surface area contributed by atoms with Gasteiger partial charge in [0.2, 0.25) is 0 Å². The molecule has 3 heteroatoms. The van der Waals surface area contributed by atoms with Crippen molar-refractivity contribution in [2.45, 2.75) is 46.0 Å². The standard InChI is InChI=1S/C12H18O3/c1-5-6-8-7-9(11(13)14)10(15-8)12(2,3)4/h7H,5-6H2,1-4H3,(H,13,14). The van der Waals surface area contributed by atoms with Crippen LogP contribution < -0.4 is 0 Å². The molecule has 0 spiro atoms. The average Bonchev–Trinajstić information content (AvgIpc) is 2.48. The summed E-state index contributed by atoms with van der Waals surface area (Å²) in [6.45, 7) is 7.90. The number of carboxylic acid groups (broad SMARTS) is 1. The predicted octanol–water partition coefficient (Wildman–Crippen LogP) is 3.23. The first kappa shape index (κ1) is 11.8. The molecular weight excluding hydrogens is 192 g/mol. The molecule has 0 aliphatic carbocycles. The molecule has 3 nitrogen and oxygen atoms in total. The van der Waals surface area contributed by atoms with Gasteiger partial charge >= 0.3 is 5.97 Å². The van der Waals surface area contributed by atoms with Gasteiger partial charge in [0.15, 0.2) is 0 Å². The number of furan rings is 1. The second-order valence-corrected chi connectivity index (χ2v) is 4.76. The number of carbonyl (C=O) groups is 1. The van der Waals surface area contributed by atoms with Gasteiger partial charge in [-0.3, -0.25) is 0 Å². The molecular formula is C12H18O3. The zero-order chi connectivity index (χ0) is 11.6. The molecule has 0 saturated heterocycles. The average molecular weight is 210 g/mol. The van der Waals surface area contributed by atoms with E-state index in [4.69, 9.17) is 9.52 Å². The highest BCUT2D eigenvalue weighted by Gasteiger charge is 2.26. The van der Waals surface area contributed by atoms with Crippen LogP contribution in [0.4, 0.5) is 0 Å². The van der Waals surface area contributed by atoms with E-state index >= 15 is 0 Å². The Kier molecular flexibility index (Phi) is 3.22. The van der Waals surface area contributed by atoms with E-state index in [0.29, 0.717) is 11.3 Å². The summed E-state index contributed by atoms with van der Waals surface area (Å²) >= 11 is 0. The Morgan fingerprint density at radius 2 is 2.07 bits per heavy atom. The lowest BCUT2D eigenvalue weighted by molar-refractivity contribution is 0.0692. The van der Waals surface area contributed by atoms with Crippen LogP contribution in [-0.2, 0) is 11.8 Å². The smallest absolute Gasteiger partial charge is 0.339 e. The van der Waals surface area contributed by atoms with Crippen molar-refractivity contribution < 1.29 is 14.3 Å². The minimum absolute atomic E-state index is 0.264. The quantitative estimate of drug-likeness (QED) is 0.833. The van der Waals surface area contributed by atoms with Crippen molar-refractivity contribution in [3.05, 3.63) is 23.2 Å². The Hall–Kier alpha value is -1.25. The number of aryl methyl sites for hydroxylation is 1. The van der Waals surface area contributed by atoms with Gasteiger partial charge in [0.1, 0.15) is 17.1 Å². The van der Waals surface area contributed by atoms with Crippen molar-refractivity contribution in [3.63, 3.8) is 0 Å². The van der Waals surface area contributed by atoms with Crippen LogP contribution in [0.25, 0.3) is 0 Å². The van der Waals surface area contributed by atoms with E-state index in [0.717, 1.165) is 18.6 Å². The number of aromatic carboxylic acids is 1. The molecule has 1 aromatic heterocycles. The number of hydrogen-bond donors (Lipinski definition) is 1. The Balaban J connectivity index is 3.18. The van der Waals surface area contributed by atoms with E-state index in [1.165, 1.54) is 0 Å². The third-order valence-electron chi connectivity index (χ3n) is 2.19. The van der Waals surface area contributed by atoms with Gasteiger partial charge in [0.05, 0.1) is 0 Å². The molecule has 0 unspecified atom stereocenters. The summed E-state index contributed by atoms with van der Waals surface area (Å²) in [5, 5.41) is 9.05. The Bertz CT molecular complexity index is 355. The summed E-state index contributed by atoms with van der Waals surface area (Å²) in [4.78, 5) is 11.0. The summed E-state index contributed by atoms with van der Waals surface area (Å²) in [5.74, 6) is 0.421. The van der Waals surface area contributed by atoms with E-state index in [1.54, 1.807) is 6.07 Å². The van der Waals surface area contributed by atoms with Crippen molar-refractivity contribution in [3.8, 4) is 0 Å². The van der Waals surface area contributed by atoms with Gasteiger partial charge in [-0.15, -0.1) is 0 Å². The molecule has 0 aliphatic rings. The van der Waals surface area contributed by atoms with E-state index in [9.17, 15) is 4.79 Å². The molecule has 0 radical (unpaired) electrons. The highest BCUT2D eigenvalue weighted by Crippen LogP contribution is 2.29.